The highest BCUT2D eigenvalue weighted by Gasteiger charge is 2.01. The standard InChI is InChI=1S/C19H25NO/c1-15(2)20-13-6-14-21-18-11-9-17(10-12-18)19-8-5-4-7-16(19)3/h4-5,7-12,15,20H,6,13-14H2,1-3H3. The maximum atomic E-state index is 5.77. The van der Waals surface area contributed by atoms with Crippen LogP contribution in [0.1, 0.15) is 25.8 Å². The van der Waals surface area contributed by atoms with Gasteiger partial charge in [0.15, 0.2) is 0 Å². The highest BCUT2D eigenvalue weighted by atomic mass is 16.5. The van der Waals surface area contributed by atoms with E-state index in [1.54, 1.807) is 0 Å². The molecule has 0 radical (unpaired) electrons. The van der Waals surface area contributed by atoms with Crippen LogP contribution in [0.15, 0.2) is 48.5 Å². The molecule has 2 rings (SSSR count). The molecule has 2 nitrogen and oxygen atoms in total. The Balaban J connectivity index is 1.86. The molecule has 0 aliphatic heterocycles. The van der Waals surface area contributed by atoms with Crippen molar-refractivity contribution in [3.63, 3.8) is 0 Å². The highest BCUT2D eigenvalue weighted by Crippen LogP contribution is 2.25. The van der Waals surface area contributed by atoms with E-state index in [0.29, 0.717) is 6.04 Å². The molecule has 0 atom stereocenters. The molecule has 0 aliphatic carbocycles. The topological polar surface area (TPSA) is 21.3 Å². The Morgan fingerprint density at radius 3 is 2.38 bits per heavy atom. The van der Waals surface area contributed by atoms with Crippen molar-refractivity contribution < 1.29 is 4.74 Å². The van der Waals surface area contributed by atoms with Crippen LogP contribution in [0.5, 0.6) is 5.75 Å². The lowest BCUT2D eigenvalue weighted by molar-refractivity contribution is 0.306. The van der Waals surface area contributed by atoms with E-state index in [2.05, 4.69) is 74.6 Å². The van der Waals surface area contributed by atoms with E-state index in [1.807, 2.05) is 0 Å². The van der Waals surface area contributed by atoms with Crippen molar-refractivity contribution in [1.29, 1.82) is 0 Å². The number of rotatable bonds is 7. The first-order valence-electron chi connectivity index (χ1n) is 7.69. The van der Waals surface area contributed by atoms with Crippen LogP contribution >= 0.6 is 0 Å². The van der Waals surface area contributed by atoms with Crippen LogP contribution in [-0.2, 0) is 0 Å². The molecule has 2 aromatic carbocycles. The largest absolute Gasteiger partial charge is 0.494 e. The molecule has 0 heterocycles. The maximum Gasteiger partial charge on any atom is 0.119 e. The van der Waals surface area contributed by atoms with Crippen molar-refractivity contribution in [3.05, 3.63) is 54.1 Å². The van der Waals surface area contributed by atoms with Gasteiger partial charge in [0.2, 0.25) is 0 Å². The predicted molar refractivity (Wildman–Crippen MR) is 89.9 cm³/mol. The Morgan fingerprint density at radius 1 is 1.00 bits per heavy atom. The fourth-order valence-corrected chi connectivity index (χ4v) is 2.28. The van der Waals surface area contributed by atoms with Crippen LogP contribution in [0.2, 0.25) is 0 Å². The molecule has 0 amide bonds. The molecule has 0 unspecified atom stereocenters. The van der Waals surface area contributed by atoms with E-state index in [1.165, 1.54) is 16.7 Å². The van der Waals surface area contributed by atoms with E-state index < -0.39 is 0 Å². The summed E-state index contributed by atoms with van der Waals surface area (Å²) in [6, 6.07) is 17.3. The van der Waals surface area contributed by atoms with Gasteiger partial charge in [-0.2, -0.15) is 0 Å². The smallest absolute Gasteiger partial charge is 0.119 e. The second-order valence-electron chi connectivity index (χ2n) is 5.65. The molecule has 21 heavy (non-hydrogen) atoms. The van der Waals surface area contributed by atoms with Crippen LogP contribution in [-0.4, -0.2) is 19.2 Å². The third kappa shape index (κ3) is 4.91. The summed E-state index contributed by atoms with van der Waals surface area (Å²) in [5.74, 6) is 0.942. The molecular weight excluding hydrogens is 258 g/mol. The van der Waals surface area contributed by atoms with Gasteiger partial charge in [-0.15, -0.1) is 0 Å². The molecule has 0 aliphatic rings. The van der Waals surface area contributed by atoms with Crippen LogP contribution in [0.4, 0.5) is 0 Å². The summed E-state index contributed by atoms with van der Waals surface area (Å²) in [5, 5.41) is 3.39. The minimum absolute atomic E-state index is 0.540. The van der Waals surface area contributed by atoms with Gasteiger partial charge >= 0.3 is 0 Å². The molecule has 2 heteroatoms. The molecule has 112 valence electrons. The predicted octanol–water partition coefficient (Wildman–Crippen LogP) is 4.43. The lowest BCUT2D eigenvalue weighted by Gasteiger charge is -2.10. The summed E-state index contributed by atoms with van der Waals surface area (Å²) in [5.41, 5.74) is 3.82. The number of nitrogens with one attached hydrogen (secondary N) is 1. The van der Waals surface area contributed by atoms with Crippen molar-refractivity contribution in [3.8, 4) is 16.9 Å². The van der Waals surface area contributed by atoms with Gasteiger partial charge in [0.25, 0.3) is 0 Å². The molecule has 0 bridgehead atoms. The molecule has 0 fully saturated rings. The summed E-state index contributed by atoms with van der Waals surface area (Å²) < 4.78 is 5.77. The average Bonchev–Trinajstić information content (AvgIpc) is 2.48. The quantitative estimate of drug-likeness (QED) is 0.759. The first kappa shape index (κ1) is 15.6. The first-order chi connectivity index (χ1) is 10.2. The Morgan fingerprint density at radius 2 is 1.71 bits per heavy atom. The number of aryl methyl sites for hydroxylation is 1. The number of ether oxygens (including phenoxy) is 1. The fraction of sp³-hybridized carbons (Fsp3) is 0.368. The van der Waals surface area contributed by atoms with Crippen LogP contribution in [0.25, 0.3) is 11.1 Å². The lowest BCUT2D eigenvalue weighted by atomic mass is 10.0. The normalized spacial score (nSPS) is 10.9. The number of hydrogen-bond acceptors (Lipinski definition) is 2. The number of benzene rings is 2. The summed E-state index contributed by atoms with van der Waals surface area (Å²) in [6.45, 7) is 8.21. The third-order valence-electron chi connectivity index (χ3n) is 3.45. The van der Waals surface area contributed by atoms with Crippen molar-refractivity contribution in [2.24, 2.45) is 0 Å². The molecule has 0 saturated heterocycles. The lowest BCUT2D eigenvalue weighted by Crippen LogP contribution is -2.24. The number of hydrogen-bond donors (Lipinski definition) is 1. The minimum Gasteiger partial charge on any atom is -0.494 e. The Bertz CT molecular complexity index is 546. The first-order valence-corrected chi connectivity index (χ1v) is 7.69. The summed E-state index contributed by atoms with van der Waals surface area (Å²) in [4.78, 5) is 0. The van der Waals surface area contributed by atoms with Crippen molar-refractivity contribution >= 4 is 0 Å². The zero-order chi connectivity index (χ0) is 15.1. The second kappa shape index (κ2) is 7.84. The maximum absolute atomic E-state index is 5.77. The van der Waals surface area contributed by atoms with Gasteiger partial charge < -0.3 is 10.1 Å². The van der Waals surface area contributed by atoms with Crippen LogP contribution in [0.3, 0.4) is 0 Å². The Kier molecular flexibility index (Phi) is 5.82. The Labute approximate surface area is 128 Å². The van der Waals surface area contributed by atoms with Gasteiger partial charge in [-0.3, -0.25) is 0 Å². The summed E-state index contributed by atoms with van der Waals surface area (Å²) >= 11 is 0. The summed E-state index contributed by atoms with van der Waals surface area (Å²) in [7, 11) is 0. The zero-order valence-corrected chi connectivity index (χ0v) is 13.2. The van der Waals surface area contributed by atoms with E-state index in [9.17, 15) is 0 Å². The Hall–Kier alpha value is -1.80. The van der Waals surface area contributed by atoms with E-state index >= 15 is 0 Å². The van der Waals surface area contributed by atoms with E-state index in [0.717, 1.165) is 25.3 Å². The van der Waals surface area contributed by atoms with Crippen molar-refractivity contribution in [2.45, 2.75) is 33.2 Å². The van der Waals surface area contributed by atoms with Crippen LogP contribution in [0, 0.1) is 6.92 Å². The van der Waals surface area contributed by atoms with Crippen molar-refractivity contribution in [1.82, 2.24) is 5.32 Å². The highest BCUT2D eigenvalue weighted by molar-refractivity contribution is 5.67. The van der Waals surface area contributed by atoms with Crippen molar-refractivity contribution in [2.75, 3.05) is 13.2 Å². The van der Waals surface area contributed by atoms with E-state index in [4.69, 9.17) is 4.74 Å². The molecule has 0 spiro atoms. The van der Waals surface area contributed by atoms with Gasteiger partial charge in [0.05, 0.1) is 6.61 Å². The van der Waals surface area contributed by atoms with Crippen LogP contribution < -0.4 is 10.1 Å². The third-order valence-corrected chi connectivity index (χ3v) is 3.45. The van der Waals surface area contributed by atoms with E-state index in [-0.39, 0.29) is 0 Å². The zero-order valence-electron chi connectivity index (χ0n) is 13.2. The average molecular weight is 283 g/mol. The molecule has 0 aromatic heterocycles. The molecule has 2 aromatic rings. The van der Waals surface area contributed by atoms with Gasteiger partial charge in [-0.1, -0.05) is 50.2 Å². The second-order valence-corrected chi connectivity index (χ2v) is 5.65. The SMILES string of the molecule is Cc1ccccc1-c1ccc(OCCCNC(C)C)cc1. The molecular formula is C19H25NO. The van der Waals surface area contributed by atoms with Gasteiger partial charge in [0.1, 0.15) is 5.75 Å². The molecule has 1 N–H and O–H groups in total. The van der Waals surface area contributed by atoms with Gasteiger partial charge in [0, 0.05) is 6.04 Å². The van der Waals surface area contributed by atoms with Gasteiger partial charge in [-0.25, -0.2) is 0 Å². The molecule has 0 saturated carbocycles. The monoisotopic (exact) mass is 283 g/mol. The summed E-state index contributed by atoms with van der Waals surface area (Å²) in [6.07, 6.45) is 1.03. The van der Waals surface area contributed by atoms with Gasteiger partial charge in [-0.05, 0) is 48.7 Å². The minimum atomic E-state index is 0.540. The fourth-order valence-electron chi connectivity index (χ4n) is 2.28.